The number of carbonyl (C=O) groups excluding carboxylic acids is 1. The lowest BCUT2D eigenvalue weighted by Gasteiger charge is -2.49. The molecule has 19 atom stereocenters. The molecule has 14 heteroatoms. The number of hydrogen-bond donors (Lipinski definition) is 6. The average molecular weight is 764 g/mol. The SMILES string of the molecule is CC[C@H]1OC(=O)[C@H](C)[C@@H](O[C@H]2C[C@@](C)(OC)C[C@H](C)O2)[C@H](C)[C@@H](O[C@@H]2O[C@H](C)C[C@H](N(C)C[C@H](C)O)[C@H]2O)[C@](C)(O)C[C@@H](C)[C@H](O)[C@H](C)[C@@H](O)[C@]1(C)O. The van der Waals surface area contributed by atoms with E-state index in [1.54, 1.807) is 55.6 Å². The molecule has 3 aliphatic heterocycles. The second-order valence-electron chi connectivity index (χ2n) is 17.5. The number of methoxy groups -OCH3 is 1. The van der Waals surface area contributed by atoms with Gasteiger partial charge in [0.2, 0.25) is 0 Å². The third-order valence-corrected chi connectivity index (χ3v) is 12.2. The Labute approximate surface area is 317 Å². The maximum absolute atomic E-state index is 14.1. The number of ether oxygens (including phenoxy) is 6. The number of nitrogens with zero attached hydrogens (tertiary/aromatic N) is 1. The number of esters is 1. The van der Waals surface area contributed by atoms with Crippen LogP contribution in [0.2, 0.25) is 0 Å². The molecule has 3 aliphatic rings. The van der Waals surface area contributed by atoms with E-state index in [-0.39, 0.29) is 25.0 Å². The molecule has 14 nitrogen and oxygen atoms in total. The Kier molecular flexibility index (Phi) is 16.2. The fourth-order valence-electron chi connectivity index (χ4n) is 9.12. The number of hydrogen-bond acceptors (Lipinski definition) is 14. The molecule has 0 amide bonds. The highest BCUT2D eigenvalue weighted by atomic mass is 16.7. The fraction of sp³-hybridized carbons (Fsp3) is 0.974. The first-order valence-electron chi connectivity index (χ1n) is 19.6. The van der Waals surface area contributed by atoms with Gasteiger partial charge in [-0.1, -0.05) is 27.7 Å². The van der Waals surface area contributed by atoms with Crippen molar-refractivity contribution in [3.05, 3.63) is 0 Å². The normalized spacial score (nSPS) is 48.9. The van der Waals surface area contributed by atoms with Crippen molar-refractivity contribution in [2.24, 2.45) is 23.7 Å². The van der Waals surface area contributed by atoms with E-state index in [1.165, 1.54) is 6.92 Å². The summed E-state index contributed by atoms with van der Waals surface area (Å²) in [6.45, 7) is 19.2. The second-order valence-corrected chi connectivity index (χ2v) is 17.5. The number of cyclic esters (lactones) is 1. The summed E-state index contributed by atoms with van der Waals surface area (Å²) >= 11 is 0. The van der Waals surface area contributed by atoms with Gasteiger partial charge < -0.3 is 59.1 Å². The van der Waals surface area contributed by atoms with Gasteiger partial charge in [-0.25, -0.2) is 0 Å². The van der Waals surface area contributed by atoms with Gasteiger partial charge in [0, 0.05) is 44.4 Å². The average Bonchev–Trinajstić information content (AvgIpc) is 3.06. The van der Waals surface area contributed by atoms with Gasteiger partial charge in [0.1, 0.15) is 17.8 Å². The van der Waals surface area contributed by atoms with Crippen LogP contribution in [0.15, 0.2) is 0 Å². The van der Waals surface area contributed by atoms with Crippen LogP contribution in [0.4, 0.5) is 0 Å². The molecule has 0 aromatic rings. The number of likely N-dealkylation sites (N-methyl/N-ethyl adjacent to an activating group) is 1. The van der Waals surface area contributed by atoms with Gasteiger partial charge in [-0.2, -0.15) is 0 Å². The van der Waals surface area contributed by atoms with Gasteiger partial charge in [0.25, 0.3) is 0 Å². The first kappa shape index (κ1) is 46.4. The van der Waals surface area contributed by atoms with Crippen molar-refractivity contribution in [2.45, 2.75) is 199 Å². The van der Waals surface area contributed by atoms with Gasteiger partial charge in [-0.15, -0.1) is 0 Å². The lowest BCUT2D eigenvalue weighted by Crippen LogP contribution is -2.61. The number of rotatable bonds is 9. The molecule has 0 saturated carbocycles. The van der Waals surface area contributed by atoms with Gasteiger partial charge in [-0.3, -0.25) is 9.69 Å². The molecule has 0 spiro atoms. The topological polar surface area (TPSA) is 197 Å². The van der Waals surface area contributed by atoms with Crippen LogP contribution in [-0.4, -0.2) is 153 Å². The predicted octanol–water partition coefficient (Wildman–Crippen LogP) is 2.36. The monoisotopic (exact) mass is 764 g/mol. The van der Waals surface area contributed by atoms with Crippen LogP contribution in [0.3, 0.4) is 0 Å². The molecule has 0 aliphatic carbocycles. The molecule has 6 N–H and O–H groups in total. The summed E-state index contributed by atoms with van der Waals surface area (Å²) in [7, 11) is 3.44. The van der Waals surface area contributed by atoms with E-state index in [4.69, 9.17) is 28.4 Å². The Morgan fingerprint density at radius 2 is 1.53 bits per heavy atom. The van der Waals surface area contributed by atoms with Crippen molar-refractivity contribution in [3.8, 4) is 0 Å². The van der Waals surface area contributed by atoms with Gasteiger partial charge in [0.05, 0.1) is 59.8 Å². The predicted molar refractivity (Wildman–Crippen MR) is 196 cm³/mol. The Hall–Kier alpha value is -1.01. The Bertz CT molecular complexity index is 1160. The van der Waals surface area contributed by atoms with E-state index < -0.39 is 108 Å². The van der Waals surface area contributed by atoms with E-state index >= 15 is 0 Å². The minimum atomic E-state index is -1.92. The summed E-state index contributed by atoms with van der Waals surface area (Å²) < 4.78 is 37.7. The van der Waals surface area contributed by atoms with Gasteiger partial charge in [-0.05, 0) is 80.7 Å². The highest BCUT2D eigenvalue weighted by molar-refractivity contribution is 5.73. The van der Waals surface area contributed by atoms with E-state index in [9.17, 15) is 35.4 Å². The van der Waals surface area contributed by atoms with Gasteiger partial charge >= 0.3 is 5.97 Å². The molecule has 0 bridgehead atoms. The zero-order valence-electron chi connectivity index (χ0n) is 34.5. The van der Waals surface area contributed by atoms with E-state index in [0.29, 0.717) is 25.8 Å². The highest BCUT2D eigenvalue weighted by Crippen LogP contribution is 2.41. The van der Waals surface area contributed by atoms with Crippen LogP contribution in [0.5, 0.6) is 0 Å². The molecule has 3 fully saturated rings. The molecule has 3 rings (SSSR count). The van der Waals surface area contributed by atoms with Crippen LogP contribution in [-0.2, 0) is 33.2 Å². The fourth-order valence-corrected chi connectivity index (χ4v) is 9.12. The minimum absolute atomic E-state index is 0.0342. The molecular weight excluding hydrogens is 690 g/mol. The minimum Gasteiger partial charge on any atom is -0.459 e. The summed E-state index contributed by atoms with van der Waals surface area (Å²) in [5.74, 6) is -4.02. The van der Waals surface area contributed by atoms with Crippen molar-refractivity contribution >= 4 is 5.97 Å². The first-order chi connectivity index (χ1) is 24.4. The highest BCUT2D eigenvalue weighted by Gasteiger charge is 2.53. The smallest absolute Gasteiger partial charge is 0.311 e. The Morgan fingerprint density at radius 3 is 2.09 bits per heavy atom. The van der Waals surface area contributed by atoms with Crippen LogP contribution < -0.4 is 0 Å². The first-order valence-corrected chi connectivity index (χ1v) is 19.6. The van der Waals surface area contributed by atoms with Crippen molar-refractivity contribution in [1.29, 1.82) is 0 Å². The molecule has 0 aromatic carbocycles. The molecule has 0 unspecified atom stereocenters. The molecule has 0 aromatic heterocycles. The third-order valence-electron chi connectivity index (χ3n) is 12.2. The second kappa shape index (κ2) is 18.5. The van der Waals surface area contributed by atoms with E-state index in [1.807, 2.05) is 32.7 Å². The van der Waals surface area contributed by atoms with Crippen LogP contribution in [0, 0.1) is 23.7 Å². The van der Waals surface area contributed by atoms with E-state index in [0.717, 1.165) is 0 Å². The molecule has 3 saturated heterocycles. The summed E-state index contributed by atoms with van der Waals surface area (Å²) in [6.07, 6.45) is -8.86. The van der Waals surface area contributed by atoms with E-state index in [2.05, 4.69) is 0 Å². The largest absolute Gasteiger partial charge is 0.459 e. The zero-order valence-corrected chi connectivity index (χ0v) is 34.5. The lowest BCUT2D eigenvalue weighted by atomic mass is 9.73. The third kappa shape index (κ3) is 11.1. The Balaban J connectivity index is 2.16. The van der Waals surface area contributed by atoms with Crippen molar-refractivity contribution in [3.63, 3.8) is 0 Å². The lowest BCUT2D eigenvalue weighted by molar-refractivity contribution is -0.311. The molecular formula is C39H73NO13. The van der Waals surface area contributed by atoms with Crippen LogP contribution >= 0.6 is 0 Å². The van der Waals surface area contributed by atoms with Crippen molar-refractivity contribution < 1.29 is 63.9 Å². The number of carbonyl (C=O) groups is 1. The molecule has 3 heterocycles. The number of aliphatic hydroxyl groups is 6. The molecule has 53 heavy (non-hydrogen) atoms. The maximum atomic E-state index is 14.1. The molecule has 0 radical (unpaired) electrons. The zero-order chi connectivity index (χ0) is 40.4. The summed E-state index contributed by atoms with van der Waals surface area (Å²) in [4.78, 5) is 16.0. The van der Waals surface area contributed by atoms with Crippen molar-refractivity contribution in [1.82, 2.24) is 4.90 Å². The molecule has 312 valence electrons. The standard InChI is InChI=1S/C39H73NO13/c1-14-28-39(11,47)33(44)24(6)30(42)20(2)16-38(10,46)34(53-36-31(43)27(15-22(4)50-36)40(12)19-21(3)41)25(7)32(26(8)35(45)51-28)52-29-18-37(9,48-13)17-23(5)49-29/h20-34,36,41-44,46-47H,14-19H2,1-13H3/t20-,21+,22-,23+,24+,25+,26-,27+,28-,29+,30+,31-,32+,33-,34-,36+,37+,38-,39-/m1/s1. The summed E-state index contributed by atoms with van der Waals surface area (Å²) in [5, 5.41) is 68.9. The van der Waals surface area contributed by atoms with Crippen molar-refractivity contribution in [2.75, 3.05) is 20.7 Å². The van der Waals surface area contributed by atoms with Gasteiger partial charge in [0.15, 0.2) is 12.6 Å². The number of aliphatic hydroxyl groups excluding tert-OH is 4. The van der Waals surface area contributed by atoms with Crippen LogP contribution in [0.25, 0.3) is 0 Å². The maximum Gasteiger partial charge on any atom is 0.311 e. The summed E-state index contributed by atoms with van der Waals surface area (Å²) in [6, 6.07) is -0.441. The summed E-state index contributed by atoms with van der Waals surface area (Å²) in [5.41, 5.74) is -4.23. The quantitative estimate of drug-likeness (QED) is 0.187. The van der Waals surface area contributed by atoms with Crippen LogP contribution in [0.1, 0.15) is 108 Å². The Morgan fingerprint density at radius 1 is 0.906 bits per heavy atom.